The highest BCUT2D eigenvalue weighted by Crippen LogP contribution is 2.42. The summed E-state index contributed by atoms with van der Waals surface area (Å²) < 4.78 is 12.1. The van der Waals surface area contributed by atoms with Crippen LogP contribution in [0.15, 0.2) is 12.1 Å². The Hall–Kier alpha value is -2.28. The molecule has 27 heavy (non-hydrogen) atoms. The van der Waals surface area contributed by atoms with Crippen LogP contribution in [0, 0.1) is 0 Å². The number of nitrogens with zero attached hydrogens (tertiary/aromatic N) is 2. The van der Waals surface area contributed by atoms with E-state index in [1.807, 2.05) is 32.4 Å². The number of benzene rings is 1. The molecule has 0 atom stereocenters. The zero-order chi connectivity index (χ0) is 20.0. The molecule has 2 aromatic rings. The number of imidazole rings is 1. The molecular weight excluding hydrogens is 370 g/mol. The molecule has 7 nitrogen and oxygen atoms in total. The first-order chi connectivity index (χ1) is 12.6. The Morgan fingerprint density at radius 1 is 1.30 bits per heavy atom. The van der Waals surface area contributed by atoms with Gasteiger partial charge in [0.05, 0.1) is 23.2 Å². The fourth-order valence-corrected chi connectivity index (χ4v) is 3.60. The lowest BCUT2D eigenvalue weighted by molar-refractivity contribution is 0.0361. The van der Waals surface area contributed by atoms with E-state index in [1.165, 1.54) is 7.11 Å². The second-order valence-electron chi connectivity index (χ2n) is 7.87. The lowest BCUT2D eigenvalue weighted by Crippen LogP contribution is -2.53. The minimum absolute atomic E-state index is 0.354. The van der Waals surface area contributed by atoms with Crippen molar-refractivity contribution in [3.63, 3.8) is 0 Å². The van der Waals surface area contributed by atoms with Gasteiger partial charge in [-0.2, -0.15) is 0 Å². The number of hydrogen-bond acceptors (Lipinski definition) is 5. The largest absolute Gasteiger partial charge is 0.465 e. The highest BCUT2D eigenvalue weighted by molar-refractivity contribution is 6.35. The molecule has 8 heteroatoms. The standard InChI is InChI=1S/C19H24ClN3O4/c1-18(2,3)27-17(25)22-19(7-6-8-19)16-21-14-12(20)9-11(15(24)26-5)10-13(14)23(16)4/h9-10H,6-8H2,1-5H3,(H,22,25). The number of fused-ring (bicyclic) bond motifs is 1. The number of aryl methyl sites for hydroxylation is 1. The first-order valence-corrected chi connectivity index (χ1v) is 9.20. The Morgan fingerprint density at radius 2 is 1.96 bits per heavy atom. The van der Waals surface area contributed by atoms with Gasteiger partial charge in [-0.1, -0.05) is 11.6 Å². The van der Waals surface area contributed by atoms with Gasteiger partial charge in [0.25, 0.3) is 0 Å². The number of nitrogens with one attached hydrogen (secondary N) is 1. The maximum Gasteiger partial charge on any atom is 0.408 e. The van der Waals surface area contributed by atoms with E-state index in [0.29, 0.717) is 27.4 Å². The van der Waals surface area contributed by atoms with Gasteiger partial charge >= 0.3 is 12.1 Å². The molecule has 1 fully saturated rings. The lowest BCUT2D eigenvalue weighted by Gasteiger charge is -2.41. The molecule has 1 aromatic carbocycles. The van der Waals surface area contributed by atoms with Gasteiger partial charge in [0, 0.05) is 7.05 Å². The van der Waals surface area contributed by atoms with Crippen LogP contribution < -0.4 is 5.32 Å². The van der Waals surface area contributed by atoms with Crippen LogP contribution in [0.2, 0.25) is 5.02 Å². The Balaban J connectivity index is 2.02. The second kappa shape index (κ2) is 6.71. The van der Waals surface area contributed by atoms with Gasteiger partial charge in [-0.05, 0) is 52.2 Å². The summed E-state index contributed by atoms with van der Waals surface area (Å²) in [6.45, 7) is 5.47. The third kappa shape index (κ3) is 3.60. The summed E-state index contributed by atoms with van der Waals surface area (Å²) in [5, 5.41) is 3.36. The molecule has 1 saturated carbocycles. The maximum absolute atomic E-state index is 12.4. The molecule has 1 N–H and O–H groups in total. The van der Waals surface area contributed by atoms with Crippen LogP contribution >= 0.6 is 11.6 Å². The average Bonchev–Trinajstić information content (AvgIpc) is 2.86. The first-order valence-electron chi connectivity index (χ1n) is 8.82. The second-order valence-corrected chi connectivity index (χ2v) is 8.28. The molecule has 0 saturated heterocycles. The van der Waals surface area contributed by atoms with Gasteiger partial charge in [-0.25, -0.2) is 14.6 Å². The number of carbonyl (C=O) groups is 2. The Kier molecular flexibility index (Phi) is 4.84. The topological polar surface area (TPSA) is 82.4 Å². The summed E-state index contributed by atoms with van der Waals surface area (Å²) >= 11 is 6.36. The molecule has 0 bridgehead atoms. The molecule has 1 aliphatic carbocycles. The van der Waals surface area contributed by atoms with Gasteiger partial charge in [-0.15, -0.1) is 0 Å². The number of carbonyl (C=O) groups excluding carboxylic acids is 2. The summed E-state index contributed by atoms with van der Waals surface area (Å²) in [5.41, 5.74) is 0.451. The fourth-order valence-electron chi connectivity index (χ4n) is 3.34. The minimum Gasteiger partial charge on any atom is -0.465 e. The van der Waals surface area contributed by atoms with Crippen LogP contribution in [0.5, 0.6) is 0 Å². The van der Waals surface area contributed by atoms with E-state index in [9.17, 15) is 9.59 Å². The van der Waals surface area contributed by atoms with Gasteiger partial charge in [0.15, 0.2) is 0 Å². The van der Waals surface area contributed by atoms with Crippen LogP contribution in [-0.2, 0) is 22.1 Å². The van der Waals surface area contributed by atoms with Crippen molar-refractivity contribution in [3.05, 3.63) is 28.5 Å². The average molecular weight is 394 g/mol. The van der Waals surface area contributed by atoms with E-state index < -0.39 is 23.2 Å². The van der Waals surface area contributed by atoms with Crippen molar-refractivity contribution in [1.82, 2.24) is 14.9 Å². The lowest BCUT2D eigenvalue weighted by atomic mass is 9.76. The SMILES string of the molecule is COC(=O)c1cc(Cl)c2nc(C3(NC(=O)OC(C)(C)C)CCC3)n(C)c2c1. The van der Waals surface area contributed by atoms with Crippen molar-refractivity contribution in [2.45, 2.75) is 51.2 Å². The van der Waals surface area contributed by atoms with E-state index >= 15 is 0 Å². The van der Waals surface area contributed by atoms with E-state index in [2.05, 4.69) is 5.32 Å². The molecule has 1 aliphatic rings. The van der Waals surface area contributed by atoms with Crippen LogP contribution in [0.4, 0.5) is 4.79 Å². The van der Waals surface area contributed by atoms with Gasteiger partial charge in [0.2, 0.25) is 0 Å². The van der Waals surface area contributed by atoms with Crippen LogP contribution in [0.3, 0.4) is 0 Å². The number of hydrogen-bond donors (Lipinski definition) is 1. The van der Waals surface area contributed by atoms with Crippen LogP contribution in [-0.4, -0.2) is 34.3 Å². The fraction of sp³-hybridized carbons (Fsp3) is 0.526. The highest BCUT2D eigenvalue weighted by atomic mass is 35.5. The van der Waals surface area contributed by atoms with Crippen molar-refractivity contribution in [2.75, 3.05) is 7.11 Å². The number of ether oxygens (including phenoxy) is 2. The summed E-state index contributed by atoms with van der Waals surface area (Å²) in [7, 11) is 3.17. The molecule has 0 spiro atoms. The van der Waals surface area contributed by atoms with Gasteiger partial charge in [0.1, 0.15) is 22.5 Å². The molecule has 0 aliphatic heterocycles. The number of alkyl carbamates (subject to hydrolysis) is 1. The van der Waals surface area contributed by atoms with E-state index in [1.54, 1.807) is 12.1 Å². The molecule has 0 unspecified atom stereocenters. The third-order valence-electron chi connectivity index (χ3n) is 4.74. The molecule has 1 aromatic heterocycles. The van der Waals surface area contributed by atoms with E-state index in [0.717, 1.165) is 19.3 Å². The zero-order valence-electron chi connectivity index (χ0n) is 16.2. The Labute approximate surface area is 163 Å². The van der Waals surface area contributed by atoms with Gasteiger partial charge < -0.3 is 19.4 Å². The number of methoxy groups -OCH3 is 1. The summed E-state index contributed by atoms with van der Waals surface area (Å²) in [4.78, 5) is 28.9. The molecule has 1 heterocycles. The van der Waals surface area contributed by atoms with Crippen molar-refractivity contribution in [1.29, 1.82) is 0 Å². The number of esters is 1. The normalized spacial score (nSPS) is 15.9. The molecule has 3 rings (SSSR count). The highest BCUT2D eigenvalue weighted by Gasteiger charge is 2.45. The third-order valence-corrected chi connectivity index (χ3v) is 5.02. The minimum atomic E-state index is -0.606. The van der Waals surface area contributed by atoms with Crippen molar-refractivity contribution in [2.24, 2.45) is 7.05 Å². The first kappa shape index (κ1) is 19.5. The van der Waals surface area contributed by atoms with Crippen molar-refractivity contribution < 1.29 is 19.1 Å². The summed E-state index contributed by atoms with van der Waals surface area (Å²) in [5.74, 6) is 0.227. The number of halogens is 1. The quantitative estimate of drug-likeness (QED) is 0.799. The number of aromatic nitrogens is 2. The van der Waals surface area contributed by atoms with Gasteiger partial charge in [-0.3, -0.25) is 0 Å². The smallest absolute Gasteiger partial charge is 0.408 e. The monoisotopic (exact) mass is 393 g/mol. The maximum atomic E-state index is 12.4. The molecule has 1 amide bonds. The summed E-state index contributed by atoms with van der Waals surface area (Å²) in [6.07, 6.45) is 2.01. The molecular formula is C19H24ClN3O4. The van der Waals surface area contributed by atoms with Crippen molar-refractivity contribution in [3.8, 4) is 0 Å². The predicted octanol–water partition coefficient (Wildman–Crippen LogP) is 3.92. The number of amides is 1. The zero-order valence-corrected chi connectivity index (χ0v) is 16.9. The Morgan fingerprint density at radius 3 is 2.48 bits per heavy atom. The van der Waals surface area contributed by atoms with Crippen LogP contribution in [0.1, 0.15) is 56.2 Å². The van der Waals surface area contributed by atoms with Crippen molar-refractivity contribution >= 4 is 34.7 Å². The van der Waals surface area contributed by atoms with E-state index in [4.69, 9.17) is 26.1 Å². The number of rotatable bonds is 3. The molecule has 146 valence electrons. The Bertz CT molecular complexity index is 910. The summed E-state index contributed by atoms with van der Waals surface area (Å²) in [6, 6.07) is 3.24. The van der Waals surface area contributed by atoms with E-state index in [-0.39, 0.29) is 0 Å². The van der Waals surface area contributed by atoms with Crippen LogP contribution in [0.25, 0.3) is 11.0 Å². The predicted molar refractivity (Wildman–Crippen MR) is 102 cm³/mol. The molecule has 0 radical (unpaired) electrons.